The van der Waals surface area contributed by atoms with E-state index < -0.39 is 6.10 Å². The molecule has 0 radical (unpaired) electrons. The molecule has 1 fully saturated rings. The third-order valence-corrected chi connectivity index (χ3v) is 4.29. The molecule has 1 aliphatic rings. The van der Waals surface area contributed by atoms with E-state index in [2.05, 4.69) is 27.7 Å². The van der Waals surface area contributed by atoms with E-state index in [1.807, 2.05) is 24.3 Å². The molecular weight excluding hydrogens is 239 g/mol. The van der Waals surface area contributed by atoms with Crippen LogP contribution in [0.25, 0.3) is 0 Å². The van der Waals surface area contributed by atoms with Gasteiger partial charge in [-0.1, -0.05) is 38.1 Å². The molecule has 0 spiro atoms. The van der Waals surface area contributed by atoms with Crippen LogP contribution >= 0.6 is 0 Å². The number of hydrogen-bond donors (Lipinski definition) is 1. The molecule has 1 N–H and O–H groups in total. The van der Waals surface area contributed by atoms with Gasteiger partial charge in [-0.05, 0) is 31.8 Å². The third-order valence-electron chi connectivity index (χ3n) is 4.29. The van der Waals surface area contributed by atoms with Crippen LogP contribution in [0.15, 0.2) is 24.3 Å². The van der Waals surface area contributed by atoms with Gasteiger partial charge in [-0.2, -0.15) is 0 Å². The fourth-order valence-electron chi connectivity index (χ4n) is 2.05. The summed E-state index contributed by atoms with van der Waals surface area (Å²) in [5, 5.41) is 9.65. The van der Waals surface area contributed by atoms with E-state index in [0.717, 1.165) is 11.0 Å². The second-order valence-electron chi connectivity index (χ2n) is 6.50. The molecule has 0 bridgehead atoms. The molecule has 0 aliphatic carbocycles. The normalized spacial score (nSPS) is 23.2. The van der Waals surface area contributed by atoms with Gasteiger partial charge >= 0.3 is 7.12 Å². The molecule has 3 nitrogen and oxygen atoms in total. The zero-order valence-corrected chi connectivity index (χ0v) is 12.4. The quantitative estimate of drug-likeness (QED) is 0.831. The molecule has 0 aromatic heterocycles. The van der Waals surface area contributed by atoms with Gasteiger partial charge in [0, 0.05) is 12.0 Å². The highest BCUT2D eigenvalue weighted by Crippen LogP contribution is 2.38. The Kier molecular flexibility index (Phi) is 3.78. The molecule has 1 saturated heterocycles. The second kappa shape index (κ2) is 4.93. The van der Waals surface area contributed by atoms with E-state index in [9.17, 15) is 5.11 Å². The van der Waals surface area contributed by atoms with Crippen molar-refractivity contribution in [2.75, 3.05) is 6.61 Å². The Hall–Kier alpha value is -0.835. The summed E-state index contributed by atoms with van der Waals surface area (Å²) < 4.78 is 12.0. The first-order valence-electron chi connectivity index (χ1n) is 6.80. The van der Waals surface area contributed by atoms with Gasteiger partial charge in [0.05, 0.1) is 11.7 Å². The number of aliphatic hydroxyl groups is 1. The van der Waals surface area contributed by atoms with Crippen molar-refractivity contribution in [1.29, 1.82) is 0 Å². The van der Waals surface area contributed by atoms with E-state index >= 15 is 0 Å². The molecule has 1 aromatic carbocycles. The molecule has 2 rings (SSSR count). The van der Waals surface area contributed by atoms with E-state index in [0.29, 0.717) is 6.61 Å². The Morgan fingerprint density at radius 1 is 1.26 bits per heavy atom. The Labute approximate surface area is 116 Å². The maximum Gasteiger partial charge on any atom is 0.494 e. The van der Waals surface area contributed by atoms with Crippen molar-refractivity contribution in [2.45, 2.75) is 46.3 Å². The summed E-state index contributed by atoms with van der Waals surface area (Å²) in [6, 6.07) is 7.76. The van der Waals surface area contributed by atoms with Crippen molar-refractivity contribution in [1.82, 2.24) is 0 Å². The van der Waals surface area contributed by atoms with Crippen molar-refractivity contribution in [3.8, 4) is 0 Å². The monoisotopic (exact) mass is 262 g/mol. The highest BCUT2D eigenvalue weighted by atomic mass is 16.6. The Morgan fingerprint density at radius 2 is 1.95 bits per heavy atom. The number of hydrogen-bond acceptors (Lipinski definition) is 3. The average molecular weight is 262 g/mol. The lowest BCUT2D eigenvalue weighted by atomic mass is 9.69. The van der Waals surface area contributed by atoms with E-state index in [-0.39, 0.29) is 18.1 Å². The number of benzene rings is 1. The van der Waals surface area contributed by atoms with Crippen LogP contribution in [0.4, 0.5) is 0 Å². The van der Waals surface area contributed by atoms with E-state index in [1.165, 1.54) is 0 Å². The maximum absolute atomic E-state index is 9.65. The van der Waals surface area contributed by atoms with Gasteiger partial charge in [0.25, 0.3) is 0 Å². The van der Waals surface area contributed by atoms with Crippen LogP contribution < -0.4 is 5.46 Å². The summed E-state index contributed by atoms with van der Waals surface area (Å²) in [6.45, 7) is 10.9. The Morgan fingerprint density at radius 3 is 2.53 bits per heavy atom. The van der Waals surface area contributed by atoms with Crippen LogP contribution in [0.5, 0.6) is 0 Å². The van der Waals surface area contributed by atoms with Crippen LogP contribution in [0, 0.1) is 5.41 Å². The van der Waals surface area contributed by atoms with Gasteiger partial charge < -0.3 is 14.4 Å². The van der Waals surface area contributed by atoms with Gasteiger partial charge in [-0.15, -0.1) is 0 Å². The molecule has 104 valence electrons. The van der Waals surface area contributed by atoms with Crippen LogP contribution in [-0.2, 0) is 9.31 Å². The molecule has 1 heterocycles. The highest BCUT2D eigenvalue weighted by molar-refractivity contribution is 6.61. The summed E-state index contributed by atoms with van der Waals surface area (Å²) >= 11 is 0. The van der Waals surface area contributed by atoms with Gasteiger partial charge in [-0.25, -0.2) is 0 Å². The molecule has 0 saturated carbocycles. The molecule has 1 unspecified atom stereocenters. The van der Waals surface area contributed by atoms with Crippen molar-refractivity contribution in [2.24, 2.45) is 5.41 Å². The minimum atomic E-state index is -0.479. The second-order valence-corrected chi connectivity index (χ2v) is 6.50. The highest BCUT2D eigenvalue weighted by Gasteiger charge is 2.46. The first kappa shape index (κ1) is 14.6. The van der Waals surface area contributed by atoms with Crippen molar-refractivity contribution in [3.63, 3.8) is 0 Å². The topological polar surface area (TPSA) is 38.7 Å². The smallest absolute Gasteiger partial charge is 0.407 e. The Balaban J connectivity index is 2.22. The van der Waals surface area contributed by atoms with Crippen LogP contribution in [-0.4, -0.2) is 24.4 Å². The molecule has 1 aromatic rings. The van der Waals surface area contributed by atoms with Crippen molar-refractivity contribution >= 4 is 12.6 Å². The first-order chi connectivity index (χ1) is 8.73. The number of aliphatic hydroxyl groups excluding tert-OH is 1. The summed E-state index contributed by atoms with van der Waals surface area (Å²) in [5.41, 5.74) is 1.57. The minimum absolute atomic E-state index is 0.0224. The fourth-order valence-corrected chi connectivity index (χ4v) is 2.05. The molecule has 0 amide bonds. The van der Waals surface area contributed by atoms with E-state index in [1.54, 1.807) is 6.92 Å². The molecule has 4 heteroatoms. The molecule has 1 atom stereocenters. The summed E-state index contributed by atoms with van der Waals surface area (Å²) in [5.74, 6) is 0. The maximum atomic E-state index is 9.65. The van der Waals surface area contributed by atoms with Gasteiger partial charge in [0.15, 0.2) is 0 Å². The van der Waals surface area contributed by atoms with Gasteiger partial charge in [0.2, 0.25) is 0 Å². The molecule has 19 heavy (non-hydrogen) atoms. The van der Waals surface area contributed by atoms with Gasteiger partial charge in [0.1, 0.15) is 0 Å². The average Bonchev–Trinajstić information content (AvgIpc) is 2.33. The molecular formula is C15H23BO3. The summed E-state index contributed by atoms with van der Waals surface area (Å²) in [4.78, 5) is 0. The molecule has 1 aliphatic heterocycles. The SMILES string of the molecule is CC(O)c1cccc(B2OCC(C)(C)C(C)(C)O2)c1. The zero-order valence-electron chi connectivity index (χ0n) is 12.4. The van der Waals surface area contributed by atoms with Crippen molar-refractivity contribution in [3.05, 3.63) is 29.8 Å². The summed E-state index contributed by atoms with van der Waals surface area (Å²) in [6.07, 6.45) is -0.479. The fraction of sp³-hybridized carbons (Fsp3) is 0.600. The van der Waals surface area contributed by atoms with Crippen molar-refractivity contribution < 1.29 is 14.4 Å². The standard InChI is InChI=1S/C15H23BO3/c1-11(17)12-7-6-8-13(9-12)16-18-10-14(2,3)15(4,5)19-16/h6-9,11,17H,10H2,1-5H3. The lowest BCUT2D eigenvalue weighted by Crippen LogP contribution is -2.58. The third kappa shape index (κ3) is 2.86. The number of rotatable bonds is 2. The largest absolute Gasteiger partial charge is 0.494 e. The predicted octanol–water partition coefficient (Wildman–Crippen LogP) is 2.29. The van der Waals surface area contributed by atoms with Gasteiger partial charge in [-0.3, -0.25) is 0 Å². The summed E-state index contributed by atoms with van der Waals surface area (Å²) in [7, 11) is -0.360. The Bertz CT molecular complexity index is 454. The van der Waals surface area contributed by atoms with Crippen LogP contribution in [0.3, 0.4) is 0 Å². The van der Waals surface area contributed by atoms with Crippen LogP contribution in [0.1, 0.15) is 46.3 Å². The van der Waals surface area contributed by atoms with Crippen LogP contribution in [0.2, 0.25) is 0 Å². The minimum Gasteiger partial charge on any atom is -0.407 e. The zero-order chi connectivity index (χ0) is 14.3. The van der Waals surface area contributed by atoms with E-state index in [4.69, 9.17) is 9.31 Å². The lowest BCUT2D eigenvalue weighted by Gasteiger charge is -2.47. The lowest BCUT2D eigenvalue weighted by molar-refractivity contribution is -0.0937. The first-order valence-corrected chi connectivity index (χ1v) is 6.80. The predicted molar refractivity (Wildman–Crippen MR) is 77.4 cm³/mol.